The molecule has 2 fully saturated rings. The third-order valence-electron chi connectivity index (χ3n) is 6.23. The van der Waals surface area contributed by atoms with Gasteiger partial charge in [-0.15, -0.1) is 0 Å². The lowest BCUT2D eigenvalue weighted by Gasteiger charge is -2.36. The van der Waals surface area contributed by atoms with E-state index in [2.05, 4.69) is 10.2 Å². The van der Waals surface area contributed by atoms with Gasteiger partial charge in [-0.3, -0.25) is 9.59 Å². The van der Waals surface area contributed by atoms with Crippen LogP contribution in [0.1, 0.15) is 46.4 Å². The van der Waals surface area contributed by atoms with Crippen LogP contribution in [0.3, 0.4) is 0 Å². The third-order valence-corrected chi connectivity index (χ3v) is 6.55. The molecule has 32 heavy (non-hydrogen) atoms. The van der Waals surface area contributed by atoms with Crippen molar-refractivity contribution in [1.29, 1.82) is 0 Å². The number of hydrogen-bond acceptors (Lipinski definition) is 4. The summed E-state index contributed by atoms with van der Waals surface area (Å²) in [6.07, 6.45) is 3.80. The topological polar surface area (TPSA) is 61.9 Å². The second-order valence-electron chi connectivity index (χ2n) is 8.32. The number of piperidine rings is 1. The molecule has 170 valence electrons. The van der Waals surface area contributed by atoms with Crippen LogP contribution in [-0.4, -0.2) is 62.1 Å². The lowest BCUT2D eigenvalue weighted by Crippen LogP contribution is -2.45. The molecule has 1 N–H and O–H groups in total. The quantitative estimate of drug-likeness (QED) is 0.715. The lowest BCUT2D eigenvalue weighted by molar-refractivity contribution is 0.0601. The Balaban J connectivity index is 1.40. The van der Waals surface area contributed by atoms with E-state index in [0.717, 1.165) is 51.0 Å². The third kappa shape index (κ3) is 5.43. The molecule has 2 heterocycles. The van der Waals surface area contributed by atoms with E-state index < -0.39 is 0 Å². The van der Waals surface area contributed by atoms with Gasteiger partial charge >= 0.3 is 0 Å². The summed E-state index contributed by atoms with van der Waals surface area (Å²) in [5.41, 5.74) is 2.21. The van der Waals surface area contributed by atoms with Crippen LogP contribution in [-0.2, 0) is 4.74 Å². The van der Waals surface area contributed by atoms with Crippen molar-refractivity contribution in [2.75, 3.05) is 44.3 Å². The van der Waals surface area contributed by atoms with Crippen LogP contribution in [0.15, 0.2) is 48.5 Å². The molecule has 2 saturated heterocycles. The number of nitrogens with one attached hydrogen (secondary N) is 1. The predicted octanol–water partition coefficient (Wildman–Crippen LogP) is 3.99. The van der Waals surface area contributed by atoms with Crippen molar-refractivity contribution in [3.8, 4) is 0 Å². The first-order valence-corrected chi connectivity index (χ1v) is 11.8. The van der Waals surface area contributed by atoms with Gasteiger partial charge in [-0.2, -0.15) is 0 Å². The van der Waals surface area contributed by atoms with Gasteiger partial charge in [0.2, 0.25) is 0 Å². The Labute approximate surface area is 194 Å². The van der Waals surface area contributed by atoms with Crippen molar-refractivity contribution in [3.05, 3.63) is 64.7 Å². The van der Waals surface area contributed by atoms with Gasteiger partial charge in [-0.05, 0) is 56.0 Å². The Morgan fingerprint density at radius 1 is 1.00 bits per heavy atom. The molecule has 2 aromatic carbocycles. The highest BCUT2D eigenvalue weighted by atomic mass is 35.5. The van der Waals surface area contributed by atoms with Crippen LogP contribution >= 0.6 is 11.6 Å². The highest BCUT2D eigenvalue weighted by Gasteiger charge is 2.28. The number of rotatable bonds is 6. The second-order valence-corrected chi connectivity index (χ2v) is 8.73. The summed E-state index contributed by atoms with van der Waals surface area (Å²) in [5, 5.41) is 3.65. The minimum Gasteiger partial charge on any atom is -0.378 e. The average molecular weight is 456 g/mol. The first kappa shape index (κ1) is 22.6. The van der Waals surface area contributed by atoms with E-state index >= 15 is 0 Å². The van der Waals surface area contributed by atoms with Gasteiger partial charge in [0.25, 0.3) is 11.8 Å². The van der Waals surface area contributed by atoms with E-state index in [9.17, 15) is 9.59 Å². The summed E-state index contributed by atoms with van der Waals surface area (Å²) >= 11 is 6.45. The van der Waals surface area contributed by atoms with Gasteiger partial charge in [-0.1, -0.05) is 29.8 Å². The Morgan fingerprint density at radius 2 is 1.78 bits per heavy atom. The van der Waals surface area contributed by atoms with E-state index in [1.165, 1.54) is 0 Å². The van der Waals surface area contributed by atoms with Crippen LogP contribution in [0.2, 0.25) is 5.02 Å². The van der Waals surface area contributed by atoms with Gasteiger partial charge < -0.3 is 19.9 Å². The second kappa shape index (κ2) is 10.8. The van der Waals surface area contributed by atoms with Gasteiger partial charge in [0.1, 0.15) is 0 Å². The van der Waals surface area contributed by atoms with E-state index in [-0.39, 0.29) is 17.9 Å². The molecule has 1 atom stereocenters. The monoisotopic (exact) mass is 455 g/mol. The molecule has 2 aliphatic heterocycles. The molecule has 2 aliphatic rings. The van der Waals surface area contributed by atoms with E-state index in [1.807, 2.05) is 41.3 Å². The molecule has 2 aromatic rings. The van der Waals surface area contributed by atoms with E-state index in [0.29, 0.717) is 35.9 Å². The highest BCUT2D eigenvalue weighted by Crippen LogP contribution is 2.29. The summed E-state index contributed by atoms with van der Waals surface area (Å²) in [6, 6.07) is 14.9. The minimum atomic E-state index is -0.0767. The zero-order valence-corrected chi connectivity index (χ0v) is 19.0. The van der Waals surface area contributed by atoms with Crippen LogP contribution in [0.25, 0.3) is 0 Å². The Kier molecular flexibility index (Phi) is 7.66. The maximum Gasteiger partial charge on any atom is 0.254 e. The predicted molar refractivity (Wildman–Crippen MR) is 127 cm³/mol. The molecular weight excluding hydrogens is 426 g/mol. The number of anilines is 1. The fourth-order valence-electron chi connectivity index (χ4n) is 4.47. The van der Waals surface area contributed by atoms with Crippen molar-refractivity contribution in [3.63, 3.8) is 0 Å². The zero-order chi connectivity index (χ0) is 22.3. The largest absolute Gasteiger partial charge is 0.378 e. The molecule has 6 nitrogen and oxygen atoms in total. The fraction of sp³-hybridized carbons (Fsp3) is 0.440. The minimum absolute atomic E-state index is 0.0373. The van der Waals surface area contributed by atoms with Crippen molar-refractivity contribution >= 4 is 29.1 Å². The number of carbonyl (C=O) groups is 2. The number of morpholine rings is 1. The number of halogens is 1. The molecule has 0 spiro atoms. The number of amides is 2. The van der Waals surface area contributed by atoms with Gasteiger partial charge in [0.05, 0.1) is 23.9 Å². The molecule has 4 rings (SSSR count). The molecular formula is C25H30ClN3O3. The Morgan fingerprint density at radius 3 is 2.56 bits per heavy atom. The van der Waals surface area contributed by atoms with Crippen molar-refractivity contribution in [2.24, 2.45) is 0 Å². The number of benzene rings is 2. The van der Waals surface area contributed by atoms with Gasteiger partial charge in [0.15, 0.2) is 0 Å². The normalized spacial score (nSPS) is 19.0. The van der Waals surface area contributed by atoms with Gasteiger partial charge in [-0.25, -0.2) is 0 Å². The number of likely N-dealkylation sites (tertiary alicyclic amines) is 1. The maximum atomic E-state index is 13.4. The first-order valence-electron chi connectivity index (χ1n) is 11.4. The van der Waals surface area contributed by atoms with E-state index in [4.69, 9.17) is 16.3 Å². The number of hydrogen-bond donors (Lipinski definition) is 1. The Bertz CT molecular complexity index is 931. The molecule has 0 aromatic heterocycles. The fourth-order valence-corrected chi connectivity index (χ4v) is 4.71. The Hall–Kier alpha value is -2.57. The smallest absolute Gasteiger partial charge is 0.254 e. The molecule has 0 aliphatic carbocycles. The van der Waals surface area contributed by atoms with Crippen molar-refractivity contribution < 1.29 is 14.3 Å². The molecule has 7 heteroatoms. The lowest BCUT2D eigenvalue weighted by atomic mass is 9.98. The average Bonchev–Trinajstić information content (AvgIpc) is 2.85. The van der Waals surface area contributed by atoms with Crippen LogP contribution < -0.4 is 10.2 Å². The molecule has 0 radical (unpaired) electrons. The van der Waals surface area contributed by atoms with Crippen LogP contribution in [0, 0.1) is 0 Å². The zero-order valence-electron chi connectivity index (χ0n) is 18.3. The number of nitrogens with zero attached hydrogens (tertiary/aromatic N) is 2. The van der Waals surface area contributed by atoms with Gasteiger partial charge in [0, 0.05) is 43.3 Å². The van der Waals surface area contributed by atoms with E-state index in [1.54, 1.807) is 12.1 Å². The molecule has 0 unspecified atom stereocenters. The molecule has 2 amide bonds. The van der Waals surface area contributed by atoms with Crippen LogP contribution in [0.5, 0.6) is 0 Å². The van der Waals surface area contributed by atoms with Crippen molar-refractivity contribution in [2.45, 2.75) is 31.7 Å². The number of ether oxygens (including phenoxy) is 1. The first-order chi connectivity index (χ1) is 15.6. The summed E-state index contributed by atoms with van der Waals surface area (Å²) < 4.78 is 5.44. The number of carbonyl (C=O) groups excluding carboxylic acids is 2. The SMILES string of the molecule is O=C(NCC[C@@H]1CCCCN1C(=O)c1ccc(Cl)c(N2CCOCC2)c1)c1ccccc1. The van der Waals surface area contributed by atoms with Crippen molar-refractivity contribution in [1.82, 2.24) is 10.2 Å². The summed E-state index contributed by atoms with van der Waals surface area (Å²) in [4.78, 5) is 29.9. The molecule has 0 saturated carbocycles. The standard InChI is InChI=1S/C25H30ClN3O3/c26-22-10-9-20(18-23(22)28-14-16-32-17-15-28)25(31)29-13-5-4-8-21(29)11-12-27-24(30)19-6-2-1-3-7-19/h1-3,6-7,9-10,18,21H,4-5,8,11-17H2,(H,27,30)/t21-/m0/s1. The van der Waals surface area contributed by atoms with Crippen LogP contribution in [0.4, 0.5) is 5.69 Å². The highest BCUT2D eigenvalue weighted by molar-refractivity contribution is 6.33. The maximum absolute atomic E-state index is 13.4. The molecule has 0 bridgehead atoms. The summed E-state index contributed by atoms with van der Waals surface area (Å²) in [6.45, 7) is 4.15. The summed E-state index contributed by atoms with van der Waals surface area (Å²) in [5.74, 6) is -0.0394. The summed E-state index contributed by atoms with van der Waals surface area (Å²) in [7, 11) is 0.